The first-order chi connectivity index (χ1) is 26.6. The summed E-state index contributed by atoms with van der Waals surface area (Å²) in [7, 11) is 0. The molecule has 0 saturated heterocycles. The van der Waals surface area contributed by atoms with Gasteiger partial charge in [0.25, 0.3) is 0 Å². The van der Waals surface area contributed by atoms with Crippen LogP contribution in [-0.2, 0) is 21.7 Å². The fourth-order valence-corrected chi connectivity index (χ4v) is 7.70. The average molecular weight is 821 g/mol. The number of nitrogens with zero attached hydrogens (tertiary/aromatic N) is 2. The fraction of sp³-hybridized carbons (Fsp3) is 0.321. The molecule has 0 bridgehead atoms. The first-order valence-electron chi connectivity index (χ1n) is 20.3. The average Bonchev–Trinajstić information content (AvgIpc) is 3.13. The minimum absolute atomic E-state index is 0.0391. The molecule has 6 aromatic rings. The maximum atomic E-state index is 4.12. The minimum Gasteiger partial charge on any atom is -0.355 e. The summed E-state index contributed by atoms with van der Waals surface area (Å²) in [5.41, 5.74) is 15.2. The Morgan fingerprint density at radius 3 is 1.25 bits per heavy atom. The number of halogens is 1. The summed E-state index contributed by atoms with van der Waals surface area (Å²) in [4.78, 5) is 4.76. The van der Waals surface area contributed by atoms with Gasteiger partial charge in [0.1, 0.15) is 0 Å². The third-order valence-corrected chi connectivity index (χ3v) is 11.6. The standard InChI is InChI=1S/C53H62BrN3/c1-36-32-47(55-41-17-14-16-40(34-41)53(11,12)13)49(54)48(33-36)57(44-30-24-39(25-31-44)52(8,9)10)46-19-15-18-45(35-46)56(42-26-20-37(21-27-42)50(2,3)4)43-28-22-38(23-29-43)51(5,6)7/h14-35,55H,1-13H3. The Morgan fingerprint density at radius 1 is 0.404 bits per heavy atom. The van der Waals surface area contributed by atoms with Crippen molar-refractivity contribution in [1.82, 2.24) is 0 Å². The molecule has 0 amide bonds. The van der Waals surface area contributed by atoms with Crippen molar-refractivity contribution in [1.29, 1.82) is 0 Å². The summed E-state index contributed by atoms with van der Waals surface area (Å²) in [6, 6.07) is 49.4. The molecule has 4 heteroatoms. The normalized spacial score (nSPS) is 12.4. The third kappa shape index (κ3) is 9.67. The van der Waals surface area contributed by atoms with E-state index in [1.807, 2.05) is 0 Å². The number of hydrogen-bond acceptors (Lipinski definition) is 3. The second-order valence-electron chi connectivity index (χ2n) is 19.7. The SMILES string of the molecule is Cc1cc(Nc2cccc(C(C)(C)C)c2)c(Br)c(N(c2ccc(C(C)(C)C)cc2)c2cccc(N(c3ccc(C(C)(C)C)cc3)c3ccc(C(C)(C)C)cc3)c2)c1. The van der Waals surface area contributed by atoms with E-state index in [0.29, 0.717) is 0 Å². The summed E-state index contributed by atoms with van der Waals surface area (Å²) in [5, 5.41) is 3.77. The molecular formula is C53H62BrN3. The van der Waals surface area contributed by atoms with Crippen LogP contribution in [0.15, 0.2) is 138 Å². The highest BCUT2D eigenvalue weighted by molar-refractivity contribution is 9.10. The molecule has 0 aliphatic rings. The van der Waals surface area contributed by atoms with Crippen molar-refractivity contribution in [2.75, 3.05) is 15.1 Å². The summed E-state index contributed by atoms with van der Waals surface area (Å²) in [5.74, 6) is 0. The van der Waals surface area contributed by atoms with Gasteiger partial charge in [-0.05, 0) is 151 Å². The smallest absolute Gasteiger partial charge is 0.0651 e. The lowest BCUT2D eigenvalue weighted by molar-refractivity contribution is 0.590. The van der Waals surface area contributed by atoms with Crippen LogP contribution >= 0.6 is 15.9 Å². The molecule has 296 valence electrons. The minimum atomic E-state index is 0.0391. The van der Waals surface area contributed by atoms with Gasteiger partial charge in [0.2, 0.25) is 0 Å². The zero-order valence-corrected chi connectivity index (χ0v) is 38.1. The van der Waals surface area contributed by atoms with Crippen LogP contribution in [0.4, 0.5) is 45.5 Å². The van der Waals surface area contributed by atoms with Crippen LogP contribution in [0.5, 0.6) is 0 Å². The monoisotopic (exact) mass is 819 g/mol. The molecule has 0 fully saturated rings. The van der Waals surface area contributed by atoms with E-state index in [0.717, 1.165) is 55.5 Å². The van der Waals surface area contributed by atoms with Crippen molar-refractivity contribution in [2.45, 2.75) is 112 Å². The lowest BCUT2D eigenvalue weighted by Gasteiger charge is -2.31. The molecule has 0 heterocycles. The van der Waals surface area contributed by atoms with Gasteiger partial charge >= 0.3 is 0 Å². The van der Waals surface area contributed by atoms with Gasteiger partial charge in [-0.1, -0.05) is 138 Å². The molecule has 0 unspecified atom stereocenters. The molecule has 0 radical (unpaired) electrons. The number of hydrogen-bond donors (Lipinski definition) is 1. The predicted octanol–water partition coefficient (Wildman–Crippen LogP) is 16.6. The molecule has 3 nitrogen and oxygen atoms in total. The number of anilines is 8. The summed E-state index contributed by atoms with van der Waals surface area (Å²) in [6.07, 6.45) is 0. The summed E-state index contributed by atoms with van der Waals surface area (Å²) in [6.45, 7) is 29.4. The van der Waals surface area contributed by atoms with E-state index >= 15 is 0 Å². The maximum Gasteiger partial charge on any atom is 0.0651 e. The molecule has 0 atom stereocenters. The third-order valence-electron chi connectivity index (χ3n) is 10.8. The fourth-order valence-electron chi connectivity index (χ4n) is 7.20. The van der Waals surface area contributed by atoms with Crippen LogP contribution in [0.2, 0.25) is 0 Å². The first-order valence-corrected chi connectivity index (χ1v) is 21.1. The van der Waals surface area contributed by atoms with Crippen LogP contribution in [-0.4, -0.2) is 0 Å². The second-order valence-corrected chi connectivity index (χ2v) is 20.5. The topological polar surface area (TPSA) is 18.5 Å². The highest BCUT2D eigenvalue weighted by Crippen LogP contribution is 2.46. The van der Waals surface area contributed by atoms with Gasteiger partial charge in [-0.3, -0.25) is 0 Å². The van der Waals surface area contributed by atoms with Crippen molar-refractivity contribution < 1.29 is 0 Å². The van der Waals surface area contributed by atoms with Crippen molar-refractivity contribution in [3.63, 3.8) is 0 Å². The Morgan fingerprint density at radius 2 is 0.807 bits per heavy atom. The molecule has 1 N–H and O–H groups in total. The van der Waals surface area contributed by atoms with E-state index in [1.165, 1.54) is 22.3 Å². The van der Waals surface area contributed by atoms with Crippen LogP contribution < -0.4 is 15.1 Å². The Labute approximate surface area is 352 Å². The molecule has 0 saturated carbocycles. The maximum absolute atomic E-state index is 4.12. The molecule has 57 heavy (non-hydrogen) atoms. The quantitative estimate of drug-likeness (QED) is 0.165. The second kappa shape index (κ2) is 15.9. The van der Waals surface area contributed by atoms with E-state index in [1.54, 1.807) is 0 Å². The van der Waals surface area contributed by atoms with Gasteiger partial charge in [0.15, 0.2) is 0 Å². The van der Waals surface area contributed by atoms with Crippen molar-refractivity contribution in [2.24, 2.45) is 0 Å². The molecule has 6 aromatic carbocycles. The van der Waals surface area contributed by atoms with Gasteiger partial charge in [-0.25, -0.2) is 0 Å². The van der Waals surface area contributed by atoms with E-state index in [9.17, 15) is 0 Å². The van der Waals surface area contributed by atoms with Crippen molar-refractivity contribution in [3.8, 4) is 0 Å². The summed E-state index contributed by atoms with van der Waals surface area (Å²) >= 11 is 4.12. The van der Waals surface area contributed by atoms with Crippen LogP contribution in [0, 0.1) is 6.92 Å². The van der Waals surface area contributed by atoms with E-state index in [4.69, 9.17) is 0 Å². The lowest BCUT2D eigenvalue weighted by atomic mass is 9.86. The highest BCUT2D eigenvalue weighted by atomic mass is 79.9. The number of rotatable bonds is 8. The largest absolute Gasteiger partial charge is 0.355 e. The van der Waals surface area contributed by atoms with Crippen LogP contribution in [0.1, 0.15) is 111 Å². The Bertz CT molecular complexity index is 2250. The van der Waals surface area contributed by atoms with Gasteiger partial charge in [-0.15, -0.1) is 0 Å². The summed E-state index contributed by atoms with van der Waals surface area (Å²) < 4.78 is 0.993. The van der Waals surface area contributed by atoms with Gasteiger partial charge in [-0.2, -0.15) is 0 Å². The zero-order valence-electron chi connectivity index (χ0n) is 36.5. The zero-order chi connectivity index (χ0) is 41.5. The van der Waals surface area contributed by atoms with Gasteiger partial charge in [0.05, 0.1) is 15.8 Å². The number of benzene rings is 6. The van der Waals surface area contributed by atoms with Crippen molar-refractivity contribution >= 4 is 61.4 Å². The predicted molar refractivity (Wildman–Crippen MR) is 253 cm³/mol. The van der Waals surface area contributed by atoms with Gasteiger partial charge in [0, 0.05) is 34.1 Å². The molecule has 0 aromatic heterocycles. The Kier molecular flexibility index (Phi) is 11.6. The number of nitrogens with one attached hydrogen (secondary N) is 1. The van der Waals surface area contributed by atoms with E-state index in [-0.39, 0.29) is 21.7 Å². The molecule has 6 rings (SSSR count). The van der Waals surface area contributed by atoms with Crippen LogP contribution in [0.3, 0.4) is 0 Å². The Balaban J connectivity index is 1.52. The molecule has 0 spiro atoms. The molecule has 0 aliphatic heterocycles. The van der Waals surface area contributed by atoms with Gasteiger partial charge < -0.3 is 15.1 Å². The van der Waals surface area contributed by atoms with E-state index < -0.39 is 0 Å². The molecule has 0 aliphatic carbocycles. The van der Waals surface area contributed by atoms with Crippen LogP contribution in [0.25, 0.3) is 0 Å². The highest BCUT2D eigenvalue weighted by Gasteiger charge is 2.24. The molecular weight excluding hydrogens is 759 g/mol. The first kappa shape index (κ1) is 41.8. The Hall–Kier alpha value is -4.80. The lowest BCUT2D eigenvalue weighted by Crippen LogP contribution is -2.16. The van der Waals surface area contributed by atoms with Crippen molar-refractivity contribution in [3.05, 3.63) is 166 Å². The van der Waals surface area contributed by atoms with E-state index in [2.05, 4.69) is 255 Å². The number of aryl methyl sites for hydroxylation is 1.